The van der Waals surface area contributed by atoms with Crippen molar-refractivity contribution >= 4 is 5.91 Å². The zero-order valence-corrected chi connectivity index (χ0v) is 10.8. The molecule has 3 heteroatoms. The largest absolute Gasteiger partial charge is 0.395 e. The van der Waals surface area contributed by atoms with Gasteiger partial charge in [-0.15, -0.1) is 0 Å². The van der Waals surface area contributed by atoms with Gasteiger partial charge in [-0.25, -0.2) is 0 Å². The number of rotatable bonds is 4. The first-order chi connectivity index (χ1) is 8.15. The molecule has 1 N–H and O–H groups in total. The normalized spacial score (nSPS) is 41.8. The van der Waals surface area contributed by atoms with Gasteiger partial charge in [0.05, 0.1) is 6.61 Å². The van der Waals surface area contributed by atoms with Crippen LogP contribution in [0.1, 0.15) is 33.1 Å². The van der Waals surface area contributed by atoms with Crippen LogP contribution in [0.2, 0.25) is 0 Å². The van der Waals surface area contributed by atoms with Gasteiger partial charge >= 0.3 is 0 Å². The van der Waals surface area contributed by atoms with Gasteiger partial charge < -0.3 is 10.0 Å². The molecular weight excluding hydrogens is 214 g/mol. The maximum absolute atomic E-state index is 12.5. The third-order valence-electron chi connectivity index (χ3n) is 5.27. The van der Waals surface area contributed by atoms with E-state index in [0.29, 0.717) is 30.2 Å². The van der Waals surface area contributed by atoms with Crippen LogP contribution in [0.15, 0.2) is 0 Å². The summed E-state index contributed by atoms with van der Waals surface area (Å²) in [5.41, 5.74) is 0. The Hall–Kier alpha value is -0.570. The zero-order valence-electron chi connectivity index (χ0n) is 10.8. The van der Waals surface area contributed by atoms with Gasteiger partial charge in [-0.05, 0) is 56.8 Å². The van der Waals surface area contributed by atoms with Gasteiger partial charge in [-0.3, -0.25) is 4.79 Å². The molecule has 3 aliphatic carbocycles. The van der Waals surface area contributed by atoms with Gasteiger partial charge in [0.2, 0.25) is 5.91 Å². The van der Waals surface area contributed by atoms with Crippen LogP contribution < -0.4 is 0 Å². The highest BCUT2D eigenvalue weighted by Crippen LogP contribution is 2.69. The zero-order chi connectivity index (χ0) is 12.2. The summed E-state index contributed by atoms with van der Waals surface area (Å²) >= 11 is 0. The van der Waals surface area contributed by atoms with Crippen LogP contribution in [0, 0.1) is 29.6 Å². The Morgan fingerprint density at radius 2 is 1.88 bits per heavy atom. The second-order valence-corrected chi connectivity index (χ2v) is 6.36. The minimum atomic E-state index is 0.0822. The van der Waals surface area contributed by atoms with Crippen molar-refractivity contribution in [1.29, 1.82) is 0 Å². The molecular formula is C14H23NO2. The average molecular weight is 237 g/mol. The topological polar surface area (TPSA) is 40.5 Å². The first-order valence-corrected chi connectivity index (χ1v) is 7.06. The summed E-state index contributed by atoms with van der Waals surface area (Å²) in [6.45, 7) is 4.67. The Bertz CT molecular complexity index is 312. The van der Waals surface area contributed by atoms with Crippen LogP contribution >= 0.6 is 0 Å². The van der Waals surface area contributed by atoms with Crippen molar-refractivity contribution in [2.45, 2.75) is 39.2 Å². The molecule has 0 aromatic heterocycles. The number of hydrogen-bond donors (Lipinski definition) is 1. The molecule has 3 fully saturated rings. The quantitative estimate of drug-likeness (QED) is 0.805. The van der Waals surface area contributed by atoms with Crippen molar-refractivity contribution in [3.05, 3.63) is 0 Å². The highest BCUT2D eigenvalue weighted by molar-refractivity contribution is 5.83. The third kappa shape index (κ3) is 1.62. The van der Waals surface area contributed by atoms with Gasteiger partial charge in [0.25, 0.3) is 0 Å². The van der Waals surface area contributed by atoms with Crippen molar-refractivity contribution < 1.29 is 9.90 Å². The lowest BCUT2D eigenvalue weighted by Crippen LogP contribution is -2.41. The molecule has 0 aliphatic heterocycles. The summed E-state index contributed by atoms with van der Waals surface area (Å²) in [4.78, 5) is 14.4. The van der Waals surface area contributed by atoms with E-state index < -0.39 is 0 Å². The summed E-state index contributed by atoms with van der Waals surface area (Å²) < 4.78 is 0. The molecule has 0 heterocycles. The van der Waals surface area contributed by atoms with Crippen LogP contribution in [-0.2, 0) is 4.79 Å². The van der Waals surface area contributed by atoms with Crippen molar-refractivity contribution in [1.82, 2.24) is 4.90 Å². The molecule has 3 aliphatic rings. The lowest BCUT2D eigenvalue weighted by molar-refractivity contribution is -0.135. The maximum Gasteiger partial charge on any atom is 0.226 e. The van der Waals surface area contributed by atoms with Gasteiger partial charge in [0.1, 0.15) is 0 Å². The van der Waals surface area contributed by atoms with Crippen LogP contribution in [0.5, 0.6) is 0 Å². The molecule has 4 atom stereocenters. The summed E-state index contributed by atoms with van der Waals surface area (Å²) in [5.74, 6) is 3.75. The highest BCUT2D eigenvalue weighted by atomic mass is 16.3. The van der Waals surface area contributed by atoms with Crippen LogP contribution in [0.3, 0.4) is 0 Å². The van der Waals surface area contributed by atoms with Crippen molar-refractivity contribution in [2.24, 2.45) is 29.6 Å². The van der Waals surface area contributed by atoms with Crippen molar-refractivity contribution in [3.8, 4) is 0 Å². The molecule has 0 aromatic rings. The fraction of sp³-hybridized carbons (Fsp3) is 0.929. The predicted molar refractivity (Wildman–Crippen MR) is 65.2 cm³/mol. The van der Waals surface area contributed by atoms with Gasteiger partial charge in [-0.2, -0.15) is 0 Å². The second kappa shape index (κ2) is 3.98. The Morgan fingerprint density at radius 3 is 2.35 bits per heavy atom. The SMILES string of the molecule is CC(C)N(CCO)C(=O)C1C2C3CCC(C3)C12. The summed E-state index contributed by atoms with van der Waals surface area (Å²) in [6, 6.07) is 0.216. The number of amides is 1. The molecule has 1 amide bonds. The first-order valence-electron chi connectivity index (χ1n) is 7.06. The van der Waals surface area contributed by atoms with Crippen molar-refractivity contribution in [2.75, 3.05) is 13.2 Å². The molecule has 17 heavy (non-hydrogen) atoms. The molecule has 3 nitrogen and oxygen atoms in total. The molecule has 4 unspecified atom stereocenters. The Morgan fingerprint density at radius 1 is 1.29 bits per heavy atom. The van der Waals surface area contributed by atoms with E-state index in [4.69, 9.17) is 5.11 Å². The number of nitrogens with zero attached hydrogens (tertiary/aromatic N) is 1. The van der Waals surface area contributed by atoms with Gasteiger partial charge in [-0.1, -0.05) is 0 Å². The maximum atomic E-state index is 12.5. The Labute approximate surface area is 103 Å². The van der Waals surface area contributed by atoms with E-state index in [-0.39, 0.29) is 12.6 Å². The summed E-state index contributed by atoms with van der Waals surface area (Å²) in [5, 5.41) is 9.06. The first kappa shape index (κ1) is 11.5. The third-order valence-corrected chi connectivity index (χ3v) is 5.27. The number of hydrogen-bond acceptors (Lipinski definition) is 2. The van der Waals surface area contributed by atoms with E-state index in [1.165, 1.54) is 19.3 Å². The number of aliphatic hydroxyl groups excluding tert-OH is 1. The number of aliphatic hydroxyl groups is 1. The molecule has 3 saturated carbocycles. The minimum absolute atomic E-state index is 0.0822. The second-order valence-electron chi connectivity index (χ2n) is 6.36. The van der Waals surface area contributed by atoms with E-state index >= 15 is 0 Å². The van der Waals surface area contributed by atoms with E-state index in [1.54, 1.807) is 0 Å². The Balaban J connectivity index is 1.68. The highest BCUT2D eigenvalue weighted by Gasteiger charge is 2.68. The van der Waals surface area contributed by atoms with E-state index in [0.717, 1.165) is 11.8 Å². The van der Waals surface area contributed by atoms with E-state index in [1.807, 2.05) is 18.7 Å². The summed E-state index contributed by atoms with van der Waals surface area (Å²) in [7, 11) is 0. The molecule has 0 saturated heterocycles. The van der Waals surface area contributed by atoms with Crippen LogP contribution in [0.25, 0.3) is 0 Å². The fourth-order valence-electron chi connectivity index (χ4n) is 4.58. The van der Waals surface area contributed by atoms with Crippen molar-refractivity contribution in [3.63, 3.8) is 0 Å². The van der Waals surface area contributed by atoms with E-state index in [2.05, 4.69) is 0 Å². The Kier molecular flexibility index (Phi) is 2.69. The lowest BCUT2D eigenvalue weighted by atomic mass is 10.0. The molecule has 0 aromatic carbocycles. The van der Waals surface area contributed by atoms with Gasteiger partial charge in [0.15, 0.2) is 0 Å². The van der Waals surface area contributed by atoms with Gasteiger partial charge in [0, 0.05) is 18.5 Å². The van der Waals surface area contributed by atoms with Crippen LogP contribution in [0.4, 0.5) is 0 Å². The van der Waals surface area contributed by atoms with Crippen LogP contribution in [-0.4, -0.2) is 35.1 Å². The minimum Gasteiger partial charge on any atom is -0.395 e. The molecule has 0 spiro atoms. The smallest absolute Gasteiger partial charge is 0.226 e. The number of fused-ring (bicyclic) bond motifs is 5. The molecule has 2 bridgehead atoms. The predicted octanol–water partition coefficient (Wildman–Crippen LogP) is 1.51. The number of carbonyl (C=O) groups is 1. The molecule has 96 valence electrons. The average Bonchev–Trinajstić information content (AvgIpc) is 2.73. The standard InChI is InChI=1S/C14H23NO2/c1-8(2)15(5-6-16)14(17)13-11-9-3-4-10(7-9)12(11)13/h8-13,16H,3-7H2,1-2H3. The molecule has 0 radical (unpaired) electrons. The monoisotopic (exact) mass is 237 g/mol. The van der Waals surface area contributed by atoms with E-state index in [9.17, 15) is 4.79 Å². The fourth-order valence-corrected chi connectivity index (χ4v) is 4.58. The lowest BCUT2D eigenvalue weighted by Gasteiger charge is -2.27. The molecule has 3 rings (SSSR count). The summed E-state index contributed by atoms with van der Waals surface area (Å²) in [6.07, 6.45) is 4.11. The number of carbonyl (C=O) groups excluding carboxylic acids is 1.